The van der Waals surface area contributed by atoms with Crippen molar-refractivity contribution >= 4 is 17.8 Å². The lowest BCUT2D eigenvalue weighted by Crippen LogP contribution is -2.55. The van der Waals surface area contributed by atoms with E-state index in [1.165, 1.54) is 17.5 Å². The van der Waals surface area contributed by atoms with Gasteiger partial charge in [0.05, 0.1) is 5.92 Å². The van der Waals surface area contributed by atoms with Crippen LogP contribution in [0.25, 0.3) is 0 Å². The molecule has 4 amide bonds. The summed E-state index contributed by atoms with van der Waals surface area (Å²) in [7, 11) is 3.65. The number of nitrogens with one attached hydrogen (secondary N) is 2. The minimum absolute atomic E-state index is 0.0129. The summed E-state index contributed by atoms with van der Waals surface area (Å²) in [6.45, 7) is 1.27. The Hall–Kier alpha value is -3.35. The van der Waals surface area contributed by atoms with E-state index >= 15 is 0 Å². The molecule has 2 aliphatic carbocycles. The minimum Gasteiger partial charge on any atom is -0.348 e. The molecular formula is C34H46N4O3. The molecule has 2 aromatic rings. The highest BCUT2D eigenvalue weighted by Crippen LogP contribution is 2.52. The van der Waals surface area contributed by atoms with Crippen LogP contribution in [0.2, 0.25) is 0 Å². The molecule has 7 heteroatoms. The quantitative estimate of drug-likeness (QED) is 0.471. The monoisotopic (exact) mass is 558 g/mol. The fourth-order valence-electron chi connectivity index (χ4n) is 7.32. The smallest absolute Gasteiger partial charge is 0.315 e. The second-order valence-electron chi connectivity index (χ2n) is 12.6. The highest BCUT2D eigenvalue weighted by molar-refractivity contribution is 5.87. The number of hydrogen-bond acceptors (Lipinski definition) is 3. The zero-order valence-corrected chi connectivity index (χ0v) is 24.7. The number of rotatable bonds is 8. The van der Waals surface area contributed by atoms with Crippen molar-refractivity contribution in [3.8, 4) is 0 Å². The third kappa shape index (κ3) is 6.77. The first-order valence-electron chi connectivity index (χ1n) is 15.6. The lowest BCUT2D eigenvalue weighted by Gasteiger charge is -2.41. The van der Waals surface area contributed by atoms with E-state index in [4.69, 9.17) is 0 Å². The Bertz CT molecular complexity index is 1200. The molecule has 41 heavy (non-hydrogen) atoms. The number of fused-ring (bicyclic) bond motifs is 2. The molecule has 1 aliphatic heterocycles. The van der Waals surface area contributed by atoms with Crippen molar-refractivity contribution in [3.05, 3.63) is 71.3 Å². The third-order valence-corrected chi connectivity index (χ3v) is 9.62. The summed E-state index contributed by atoms with van der Waals surface area (Å²) in [5.74, 6) is 0.0396. The number of hydrogen-bond donors (Lipinski definition) is 2. The van der Waals surface area contributed by atoms with E-state index in [9.17, 15) is 14.4 Å². The first-order chi connectivity index (χ1) is 19.9. The summed E-state index contributed by atoms with van der Waals surface area (Å²) in [5, 5.41) is 6.20. The molecule has 0 bridgehead atoms. The Morgan fingerprint density at radius 2 is 1.63 bits per heavy atom. The topological polar surface area (TPSA) is 81.8 Å². The van der Waals surface area contributed by atoms with Gasteiger partial charge < -0.3 is 20.4 Å². The first kappa shape index (κ1) is 29.2. The maximum atomic E-state index is 13.9. The molecule has 1 saturated heterocycles. The van der Waals surface area contributed by atoms with Crippen molar-refractivity contribution in [2.24, 2.45) is 0 Å². The van der Waals surface area contributed by atoms with E-state index in [0.717, 1.165) is 63.4 Å². The van der Waals surface area contributed by atoms with E-state index in [1.54, 1.807) is 4.90 Å². The Labute approximate surface area is 245 Å². The molecular weight excluding hydrogens is 512 g/mol. The van der Waals surface area contributed by atoms with E-state index in [2.05, 4.69) is 41.0 Å². The largest absolute Gasteiger partial charge is 0.348 e. The van der Waals surface area contributed by atoms with Crippen molar-refractivity contribution in [1.82, 2.24) is 20.4 Å². The highest BCUT2D eigenvalue weighted by Gasteiger charge is 2.48. The number of likely N-dealkylation sites (tertiary alicyclic amines) is 1. The van der Waals surface area contributed by atoms with Crippen LogP contribution in [0, 0.1) is 0 Å². The second kappa shape index (κ2) is 13.1. The number of benzene rings is 2. The van der Waals surface area contributed by atoms with Gasteiger partial charge in [-0.3, -0.25) is 9.59 Å². The van der Waals surface area contributed by atoms with Crippen LogP contribution >= 0.6 is 0 Å². The molecule has 1 spiro atoms. The van der Waals surface area contributed by atoms with Gasteiger partial charge in [-0.2, -0.15) is 0 Å². The van der Waals surface area contributed by atoms with Crippen molar-refractivity contribution in [3.63, 3.8) is 0 Å². The molecule has 2 N–H and O–H groups in total. The van der Waals surface area contributed by atoms with Crippen molar-refractivity contribution in [2.75, 3.05) is 27.2 Å². The van der Waals surface area contributed by atoms with E-state index < -0.39 is 6.04 Å². The van der Waals surface area contributed by atoms with Gasteiger partial charge in [0.2, 0.25) is 11.8 Å². The Kier molecular flexibility index (Phi) is 9.31. The molecule has 0 aromatic heterocycles. The number of piperidine rings is 1. The summed E-state index contributed by atoms with van der Waals surface area (Å²) < 4.78 is 0. The van der Waals surface area contributed by atoms with Gasteiger partial charge in [-0.1, -0.05) is 73.9 Å². The van der Waals surface area contributed by atoms with E-state index in [0.29, 0.717) is 19.5 Å². The predicted octanol–water partition coefficient (Wildman–Crippen LogP) is 5.15. The number of nitrogens with zero attached hydrogens (tertiary/aromatic N) is 2. The summed E-state index contributed by atoms with van der Waals surface area (Å²) in [4.78, 5) is 43.6. The van der Waals surface area contributed by atoms with Crippen molar-refractivity contribution < 1.29 is 14.4 Å². The number of aryl methyl sites for hydroxylation is 1. The summed E-state index contributed by atoms with van der Waals surface area (Å²) in [5.41, 5.74) is 3.58. The highest BCUT2D eigenvalue weighted by atomic mass is 16.2. The molecule has 220 valence electrons. The van der Waals surface area contributed by atoms with Gasteiger partial charge in [0.15, 0.2) is 0 Å². The summed E-state index contributed by atoms with van der Waals surface area (Å²) >= 11 is 0. The van der Waals surface area contributed by atoms with Gasteiger partial charge in [0.25, 0.3) is 0 Å². The van der Waals surface area contributed by atoms with Crippen LogP contribution in [0.1, 0.15) is 86.8 Å². The molecule has 5 rings (SSSR count). The molecule has 2 fully saturated rings. The maximum Gasteiger partial charge on any atom is 0.315 e. The zero-order chi connectivity index (χ0) is 28.8. The number of carbonyl (C=O) groups is 3. The molecule has 1 unspecified atom stereocenters. The molecule has 1 heterocycles. The van der Waals surface area contributed by atoms with Crippen LogP contribution < -0.4 is 10.6 Å². The van der Waals surface area contributed by atoms with E-state index in [-0.39, 0.29) is 35.2 Å². The molecule has 2 atom stereocenters. The fraction of sp³-hybridized carbons (Fsp3) is 0.559. The van der Waals surface area contributed by atoms with Gasteiger partial charge in [-0.05, 0) is 68.1 Å². The van der Waals surface area contributed by atoms with Crippen LogP contribution in [0.4, 0.5) is 4.79 Å². The molecule has 0 radical (unpaired) electrons. The third-order valence-electron chi connectivity index (χ3n) is 9.62. The number of likely N-dealkylation sites (N-methyl/N-ethyl adjacent to an activating group) is 1. The predicted molar refractivity (Wildman–Crippen MR) is 162 cm³/mol. The van der Waals surface area contributed by atoms with Crippen molar-refractivity contribution in [1.29, 1.82) is 0 Å². The molecule has 7 nitrogen and oxygen atoms in total. The van der Waals surface area contributed by atoms with Gasteiger partial charge in [-0.25, -0.2) is 4.79 Å². The van der Waals surface area contributed by atoms with Crippen molar-refractivity contribution in [2.45, 2.75) is 94.0 Å². The van der Waals surface area contributed by atoms with E-state index in [1.807, 2.05) is 43.3 Å². The van der Waals surface area contributed by atoms with Crippen LogP contribution in [0.5, 0.6) is 0 Å². The zero-order valence-electron chi connectivity index (χ0n) is 24.7. The Morgan fingerprint density at radius 3 is 2.34 bits per heavy atom. The first-order valence-corrected chi connectivity index (χ1v) is 15.6. The maximum absolute atomic E-state index is 13.9. The Balaban J connectivity index is 1.24. The average molecular weight is 559 g/mol. The van der Waals surface area contributed by atoms with Gasteiger partial charge in [-0.15, -0.1) is 0 Å². The van der Waals surface area contributed by atoms with Crippen LogP contribution in [0.15, 0.2) is 54.6 Å². The summed E-state index contributed by atoms with van der Waals surface area (Å²) in [6, 6.07) is 18.1. The minimum atomic E-state index is -0.546. The van der Waals surface area contributed by atoms with Gasteiger partial charge in [0, 0.05) is 38.6 Å². The van der Waals surface area contributed by atoms with Crippen LogP contribution in [-0.4, -0.2) is 66.9 Å². The van der Waals surface area contributed by atoms with Gasteiger partial charge in [0.1, 0.15) is 6.04 Å². The molecule has 2 aromatic carbocycles. The number of urea groups is 1. The molecule has 1 saturated carbocycles. The SMILES string of the molecule is CN(C)C(=O)[C@@H]1CC2(CCN(C(=O)C(CCCc3ccccc3)NC(=O)NC3CCCCC3)CC2)c2ccccc21. The van der Waals surface area contributed by atoms with Gasteiger partial charge >= 0.3 is 6.03 Å². The normalized spacial score (nSPS) is 20.7. The second-order valence-corrected chi connectivity index (χ2v) is 12.6. The average Bonchev–Trinajstić information content (AvgIpc) is 3.31. The standard InChI is InChI=1S/C34H46N4O3/c1-37(2)31(39)28-24-34(29-18-10-9-17-27(28)29)20-22-38(23-21-34)32(40)30(19-11-14-25-12-5-3-6-13-25)36-33(41)35-26-15-7-4-8-16-26/h3,5-6,9-10,12-13,17-18,26,28,30H,4,7-8,11,14-16,19-24H2,1-2H3,(H2,35,36,41)/t28-,30?/m1/s1. The lowest BCUT2D eigenvalue weighted by atomic mass is 9.73. The van der Waals surface area contributed by atoms with Crippen LogP contribution in [-0.2, 0) is 21.4 Å². The van der Waals surface area contributed by atoms with Crippen LogP contribution in [0.3, 0.4) is 0 Å². The summed E-state index contributed by atoms with van der Waals surface area (Å²) in [6.07, 6.45) is 10.3. The number of carbonyl (C=O) groups excluding carboxylic acids is 3. The Morgan fingerprint density at radius 1 is 0.951 bits per heavy atom. The number of amides is 4. The fourth-order valence-corrected chi connectivity index (χ4v) is 7.32. The lowest BCUT2D eigenvalue weighted by molar-refractivity contribution is -0.135. The molecule has 3 aliphatic rings.